The summed E-state index contributed by atoms with van der Waals surface area (Å²) in [4.78, 5) is 32.9. The molecule has 1 aliphatic heterocycles. The first-order valence-corrected chi connectivity index (χ1v) is 14.9. The normalized spacial score (nSPS) is 14.3. The molecule has 11 heteroatoms. The van der Waals surface area contributed by atoms with E-state index in [1.165, 1.54) is 16.9 Å². The number of morpholine rings is 1. The second kappa shape index (κ2) is 13.0. The van der Waals surface area contributed by atoms with E-state index < -0.39 is 5.60 Å². The number of rotatable bonds is 10. The highest BCUT2D eigenvalue weighted by molar-refractivity contribution is 7.22. The number of carbonyl (C=O) groups is 1. The maximum Gasteiger partial charge on any atom is 0.321 e. The number of amides is 2. The summed E-state index contributed by atoms with van der Waals surface area (Å²) in [6, 6.07) is 7.98. The molecule has 3 aromatic heterocycles. The Bertz CT molecular complexity index is 1480. The number of nitrogens with one attached hydrogen (secondary N) is 2. The lowest BCUT2D eigenvalue weighted by molar-refractivity contribution is 0.0372. The molecule has 0 unspecified atom stereocenters. The topological polar surface area (TPSA) is 125 Å². The van der Waals surface area contributed by atoms with Crippen molar-refractivity contribution in [3.63, 3.8) is 0 Å². The van der Waals surface area contributed by atoms with Crippen molar-refractivity contribution in [3.05, 3.63) is 54.2 Å². The molecule has 0 spiro atoms. The van der Waals surface area contributed by atoms with Gasteiger partial charge in [0.2, 0.25) is 0 Å². The molecule has 0 atom stereocenters. The third-order valence-corrected chi connectivity index (χ3v) is 7.99. The van der Waals surface area contributed by atoms with Gasteiger partial charge in [-0.25, -0.2) is 19.7 Å². The highest BCUT2D eigenvalue weighted by Gasteiger charge is 2.20. The molecule has 4 heterocycles. The smallest absolute Gasteiger partial charge is 0.321 e. The van der Waals surface area contributed by atoms with Crippen LogP contribution in [0.3, 0.4) is 0 Å². The number of hydrogen-bond donors (Lipinski definition) is 3. The molecule has 0 bridgehead atoms. The SMILES string of the molecule is CCNC(=O)Nc1nc2cc(-c3cnc(C(C)(C)O)nc3)cc(-c3cc(CCCCN4CCOCC4)ccn3)c2s1. The number of aryl methyl sites for hydroxylation is 1. The summed E-state index contributed by atoms with van der Waals surface area (Å²) in [7, 11) is 0. The van der Waals surface area contributed by atoms with Gasteiger partial charge in [-0.2, -0.15) is 0 Å². The number of nitrogens with zero attached hydrogens (tertiary/aromatic N) is 5. The summed E-state index contributed by atoms with van der Waals surface area (Å²) in [5, 5.41) is 16.4. The predicted octanol–water partition coefficient (Wildman–Crippen LogP) is 4.84. The summed E-state index contributed by atoms with van der Waals surface area (Å²) < 4.78 is 6.39. The Kier molecular flexibility index (Phi) is 9.19. The van der Waals surface area contributed by atoms with E-state index in [-0.39, 0.29) is 6.03 Å². The number of fused-ring (bicyclic) bond motifs is 1. The third-order valence-electron chi connectivity index (χ3n) is 6.97. The maximum atomic E-state index is 12.2. The molecule has 1 saturated heterocycles. The Morgan fingerprint density at radius 2 is 1.88 bits per heavy atom. The quantitative estimate of drug-likeness (QED) is 0.230. The van der Waals surface area contributed by atoms with Gasteiger partial charge in [-0.05, 0) is 82.0 Å². The summed E-state index contributed by atoms with van der Waals surface area (Å²) in [5.74, 6) is 0.354. The van der Waals surface area contributed by atoms with E-state index in [0.29, 0.717) is 17.5 Å². The van der Waals surface area contributed by atoms with Gasteiger partial charge in [0.15, 0.2) is 11.0 Å². The first-order chi connectivity index (χ1) is 19.8. The van der Waals surface area contributed by atoms with Gasteiger partial charge in [0.25, 0.3) is 0 Å². The third kappa shape index (κ3) is 7.42. The van der Waals surface area contributed by atoms with Gasteiger partial charge in [-0.1, -0.05) is 11.3 Å². The number of aliphatic hydroxyl groups is 1. The van der Waals surface area contributed by atoms with Crippen LogP contribution in [0.25, 0.3) is 32.6 Å². The fraction of sp³-hybridized carbons (Fsp3) is 0.433. The van der Waals surface area contributed by atoms with Crippen LogP contribution in [0, 0.1) is 0 Å². The average molecular weight is 576 g/mol. The number of urea groups is 1. The van der Waals surface area contributed by atoms with E-state index >= 15 is 0 Å². The molecule has 1 fully saturated rings. The molecule has 0 aliphatic carbocycles. The first-order valence-electron chi connectivity index (χ1n) is 14.1. The molecule has 1 aromatic carbocycles. The Labute approximate surface area is 244 Å². The van der Waals surface area contributed by atoms with E-state index in [1.54, 1.807) is 26.2 Å². The lowest BCUT2D eigenvalue weighted by Crippen LogP contribution is -2.36. The number of carbonyl (C=O) groups excluding carboxylic acids is 1. The average Bonchev–Trinajstić information content (AvgIpc) is 3.37. The van der Waals surface area contributed by atoms with E-state index in [0.717, 1.165) is 84.7 Å². The van der Waals surface area contributed by atoms with Crippen LogP contribution in [0.15, 0.2) is 42.9 Å². The molecule has 4 aromatic rings. The van der Waals surface area contributed by atoms with Crippen LogP contribution in [0.5, 0.6) is 0 Å². The number of pyridine rings is 1. The molecular weight excluding hydrogens is 538 g/mol. The number of thiazole rings is 1. The van der Waals surface area contributed by atoms with Crippen LogP contribution >= 0.6 is 11.3 Å². The molecule has 0 saturated carbocycles. The summed E-state index contributed by atoms with van der Waals surface area (Å²) in [6.45, 7) is 10.5. The van der Waals surface area contributed by atoms with Gasteiger partial charge >= 0.3 is 6.03 Å². The Balaban J connectivity index is 1.44. The van der Waals surface area contributed by atoms with E-state index in [9.17, 15) is 9.90 Å². The zero-order valence-electron chi connectivity index (χ0n) is 23.8. The zero-order chi connectivity index (χ0) is 28.8. The fourth-order valence-electron chi connectivity index (χ4n) is 4.80. The lowest BCUT2D eigenvalue weighted by atomic mass is 10.0. The van der Waals surface area contributed by atoms with Crippen LogP contribution in [0.2, 0.25) is 0 Å². The van der Waals surface area contributed by atoms with E-state index in [2.05, 4.69) is 43.7 Å². The van der Waals surface area contributed by atoms with Crippen LogP contribution in [-0.2, 0) is 16.8 Å². The van der Waals surface area contributed by atoms with Crippen molar-refractivity contribution in [2.45, 2.75) is 45.6 Å². The largest absolute Gasteiger partial charge is 0.382 e. The number of benzene rings is 1. The van der Waals surface area contributed by atoms with Crippen molar-refractivity contribution in [1.82, 2.24) is 30.2 Å². The van der Waals surface area contributed by atoms with Crippen LogP contribution in [-0.4, -0.2) is 75.4 Å². The second-order valence-corrected chi connectivity index (χ2v) is 11.7. The van der Waals surface area contributed by atoms with Crippen molar-refractivity contribution in [3.8, 4) is 22.4 Å². The first kappa shape index (κ1) is 29.0. The van der Waals surface area contributed by atoms with Crippen LogP contribution in [0.1, 0.15) is 45.0 Å². The maximum absolute atomic E-state index is 12.2. The Hall–Kier alpha value is -3.51. The number of ether oxygens (including phenoxy) is 1. The van der Waals surface area contributed by atoms with Gasteiger partial charge in [0.05, 0.1) is 29.1 Å². The number of unbranched alkanes of at least 4 members (excludes halogenated alkanes) is 1. The van der Waals surface area contributed by atoms with Gasteiger partial charge in [0, 0.05) is 49.4 Å². The van der Waals surface area contributed by atoms with Crippen molar-refractivity contribution in [2.24, 2.45) is 0 Å². The van der Waals surface area contributed by atoms with Gasteiger partial charge in [-0.3, -0.25) is 15.2 Å². The summed E-state index contributed by atoms with van der Waals surface area (Å²) in [5.41, 5.74) is 4.31. The minimum atomic E-state index is -1.13. The van der Waals surface area contributed by atoms with E-state index in [4.69, 9.17) is 14.7 Å². The summed E-state index contributed by atoms with van der Waals surface area (Å²) >= 11 is 1.42. The highest BCUT2D eigenvalue weighted by atomic mass is 32.1. The van der Waals surface area contributed by atoms with Crippen molar-refractivity contribution >= 4 is 32.7 Å². The van der Waals surface area contributed by atoms with Crippen LogP contribution < -0.4 is 10.6 Å². The second-order valence-electron chi connectivity index (χ2n) is 10.7. The standard InChI is InChI=1S/C30H37N7O3S/c1-4-31-28(38)36-29-35-25-17-21(22-18-33-27(34-19-22)30(2,3)39)16-23(26(25)41-29)24-15-20(8-9-32-24)7-5-6-10-37-11-13-40-14-12-37/h8-9,15-19,39H,4-7,10-14H2,1-3H3,(H2,31,35,36,38). The van der Waals surface area contributed by atoms with Gasteiger partial charge in [-0.15, -0.1) is 0 Å². The van der Waals surface area contributed by atoms with E-state index in [1.807, 2.05) is 19.2 Å². The summed E-state index contributed by atoms with van der Waals surface area (Å²) in [6.07, 6.45) is 8.50. The molecule has 3 N–H and O–H groups in total. The molecule has 41 heavy (non-hydrogen) atoms. The minimum absolute atomic E-state index is 0.291. The van der Waals surface area contributed by atoms with Crippen LogP contribution in [0.4, 0.5) is 9.93 Å². The zero-order valence-corrected chi connectivity index (χ0v) is 24.6. The van der Waals surface area contributed by atoms with Gasteiger partial charge in [0.1, 0.15) is 5.60 Å². The minimum Gasteiger partial charge on any atom is -0.382 e. The van der Waals surface area contributed by atoms with Crippen molar-refractivity contribution in [2.75, 3.05) is 44.7 Å². The molecule has 10 nitrogen and oxygen atoms in total. The highest BCUT2D eigenvalue weighted by Crippen LogP contribution is 2.38. The number of hydrogen-bond acceptors (Lipinski definition) is 9. The molecule has 2 amide bonds. The lowest BCUT2D eigenvalue weighted by Gasteiger charge is -2.26. The Morgan fingerprint density at radius 3 is 2.61 bits per heavy atom. The molecular formula is C30H37N7O3S. The number of anilines is 1. The number of aromatic nitrogens is 4. The molecule has 1 aliphatic rings. The molecule has 5 rings (SSSR count). The molecule has 0 radical (unpaired) electrons. The molecule has 216 valence electrons. The Morgan fingerprint density at radius 1 is 1.10 bits per heavy atom. The predicted molar refractivity (Wildman–Crippen MR) is 162 cm³/mol. The fourth-order valence-corrected chi connectivity index (χ4v) is 5.77. The monoisotopic (exact) mass is 575 g/mol. The van der Waals surface area contributed by atoms with Crippen molar-refractivity contribution < 1.29 is 14.6 Å². The van der Waals surface area contributed by atoms with Crippen molar-refractivity contribution in [1.29, 1.82) is 0 Å². The van der Waals surface area contributed by atoms with Gasteiger partial charge < -0.3 is 15.2 Å².